The molecular formula is C23H33N5O2. The number of amides is 2. The maximum absolute atomic E-state index is 12.4. The van der Waals surface area contributed by atoms with Gasteiger partial charge >= 0.3 is 0 Å². The molecule has 0 saturated carbocycles. The van der Waals surface area contributed by atoms with Crippen LogP contribution in [0.5, 0.6) is 0 Å². The van der Waals surface area contributed by atoms with Gasteiger partial charge in [0.25, 0.3) is 11.8 Å². The zero-order valence-electron chi connectivity index (χ0n) is 18.0. The van der Waals surface area contributed by atoms with E-state index >= 15 is 0 Å². The molecule has 1 aromatic heterocycles. The Bertz CT molecular complexity index is 799. The molecule has 7 heteroatoms. The average molecular weight is 412 g/mol. The van der Waals surface area contributed by atoms with Crippen LogP contribution in [0, 0.1) is 0 Å². The summed E-state index contributed by atoms with van der Waals surface area (Å²) in [6, 6.07) is 10.2. The number of nitrogens with two attached hydrogens (primary N) is 1. The Morgan fingerprint density at radius 1 is 0.967 bits per heavy atom. The van der Waals surface area contributed by atoms with Crippen LogP contribution in [-0.4, -0.2) is 47.9 Å². The van der Waals surface area contributed by atoms with Crippen LogP contribution in [-0.2, 0) is 0 Å². The summed E-state index contributed by atoms with van der Waals surface area (Å²) in [6.07, 6.45) is 6.08. The van der Waals surface area contributed by atoms with Crippen LogP contribution in [0.1, 0.15) is 60.4 Å². The predicted molar refractivity (Wildman–Crippen MR) is 122 cm³/mol. The van der Waals surface area contributed by atoms with E-state index in [4.69, 9.17) is 5.73 Å². The Balaban J connectivity index is 1.85. The lowest BCUT2D eigenvalue weighted by Gasteiger charge is -2.22. The van der Waals surface area contributed by atoms with Gasteiger partial charge < -0.3 is 21.3 Å². The van der Waals surface area contributed by atoms with Crippen LogP contribution in [0.25, 0.3) is 0 Å². The van der Waals surface area contributed by atoms with Gasteiger partial charge in [0.2, 0.25) is 0 Å². The number of hydrogen-bond donors (Lipinski definition) is 3. The zero-order valence-corrected chi connectivity index (χ0v) is 18.0. The number of nitrogen functional groups attached to an aromatic ring is 1. The van der Waals surface area contributed by atoms with Gasteiger partial charge in [-0.2, -0.15) is 0 Å². The van der Waals surface area contributed by atoms with E-state index in [-0.39, 0.29) is 17.5 Å². The first-order valence-corrected chi connectivity index (χ1v) is 10.7. The number of rotatable bonds is 12. The van der Waals surface area contributed by atoms with Crippen molar-refractivity contribution in [3.05, 3.63) is 53.9 Å². The molecule has 7 nitrogen and oxygen atoms in total. The first-order chi connectivity index (χ1) is 14.5. The number of para-hydroxylation sites is 2. The number of aromatic nitrogens is 1. The molecule has 1 heterocycles. The summed E-state index contributed by atoms with van der Waals surface area (Å²) >= 11 is 0. The fourth-order valence-electron chi connectivity index (χ4n) is 2.99. The number of benzene rings is 1. The maximum atomic E-state index is 12.4. The van der Waals surface area contributed by atoms with Crippen molar-refractivity contribution in [3.63, 3.8) is 0 Å². The van der Waals surface area contributed by atoms with Crippen molar-refractivity contribution in [1.29, 1.82) is 0 Å². The van der Waals surface area contributed by atoms with Crippen molar-refractivity contribution in [2.45, 2.75) is 39.5 Å². The van der Waals surface area contributed by atoms with Gasteiger partial charge in [-0.3, -0.25) is 14.6 Å². The van der Waals surface area contributed by atoms with Crippen molar-refractivity contribution in [1.82, 2.24) is 15.2 Å². The van der Waals surface area contributed by atoms with E-state index in [2.05, 4.69) is 34.4 Å². The van der Waals surface area contributed by atoms with Gasteiger partial charge in [-0.05, 0) is 50.2 Å². The van der Waals surface area contributed by atoms with E-state index in [0.717, 1.165) is 32.5 Å². The molecule has 0 radical (unpaired) electrons. The molecule has 1 aromatic carbocycles. The molecule has 0 fully saturated rings. The van der Waals surface area contributed by atoms with Crippen LogP contribution < -0.4 is 16.4 Å². The van der Waals surface area contributed by atoms with Crippen LogP contribution in [0.2, 0.25) is 0 Å². The van der Waals surface area contributed by atoms with E-state index in [1.54, 1.807) is 30.3 Å². The van der Waals surface area contributed by atoms with Gasteiger partial charge in [0.05, 0.1) is 16.9 Å². The first kappa shape index (κ1) is 23.3. The molecule has 0 unspecified atom stereocenters. The number of carbonyl (C=O) groups excluding carboxylic acids is 2. The van der Waals surface area contributed by atoms with Crippen molar-refractivity contribution in [2.75, 3.05) is 37.2 Å². The van der Waals surface area contributed by atoms with Crippen LogP contribution >= 0.6 is 0 Å². The van der Waals surface area contributed by atoms with Gasteiger partial charge in [-0.15, -0.1) is 0 Å². The number of nitrogens with one attached hydrogen (secondary N) is 2. The largest absolute Gasteiger partial charge is 0.397 e. The third-order valence-electron chi connectivity index (χ3n) is 4.84. The fraction of sp³-hybridized carbons (Fsp3) is 0.435. The number of unbranched alkanes of at least 4 members (excludes halogenated alkanes) is 2. The molecule has 2 amide bonds. The van der Waals surface area contributed by atoms with Crippen LogP contribution in [0.15, 0.2) is 42.6 Å². The molecule has 0 bridgehead atoms. The second kappa shape index (κ2) is 12.6. The lowest BCUT2D eigenvalue weighted by Crippen LogP contribution is -2.36. The minimum absolute atomic E-state index is 0.187. The molecule has 30 heavy (non-hydrogen) atoms. The average Bonchev–Trinajstić information content (AvgIpc) is 2.76. The summed E-state index contributed by atoms with van der Waals surface area (Å²) in [5.41, 5.74) is 7.50. The SMILES string of the molecule is CCCCN(CCCC)CCNC(=O)c1ccc(C(=O)Nc2ccccc2N)nc1. The summed E-state index contributed by atoms with van der Waals surface area (Å²) in [4.78, 5) is 31.2. The van der Waals surface area contributed by atoms with Crippen LogP contribution in [0.3, 0.4) is 0 Å². The zero-order chi connectivity index (χ0) is 21.8. The van der Waals surface area contributed by atoms with Crippen molar-refractivity contribution in [2.24, 2.45) is 0 Å². The molecule has 0 atom stereocenters. The lowest BCUT2D eigenvalue weighted by molar-refractivity contribution is 0.0945. The summed E-state index contributed by atoms with van der Waals surface area (Å²) in [7, 11) is 0. The Kier molecular flexibility index (Phi) is 9.80. The summed E-state index contributed by atoms with van der Waals surface area (Å²) in [5.74, 6) is -0.560. The van der Waals surface area contributed by atoms with Gasteiger partial charge in [-0.1, -0.05) is 38.8 Å². The van der Waals surface area contributed by atoms with Gasteiger partial charge in [0.1, 0.15) is 5.69 Å². The Hall–Kier alpha value is -2.93. The summed E-state index contributed by atoms with van der Waals surface area (Å²) < 4.78 is 0. The van der Waals surface area contributed by atoms with Gasteiger partial charge in [0.15, 0.2) is 0 Å². The Labute approximate surface area is 179 Å². The highest BCUT2D eigenvalue weighted by Gasteiger charge is 2.12. The van der Waals surface area contributed by atoms with Gasteiger partial charge in [-0.25, -0.2) is 0 Å². The number of anilines is 2. The number of carbonyl (C=O) groups is 2. The van der Waals surface area contributed by atoms with E-state index in [1.807, 2.05) is 0 Å². The third kappa shape index (κ3) is 7.48. The second-order valence-corrected chi connectivity index (χ2v) is 7.28. The molecule has 162 valence electrons. The summed E-state index contributed by atoms with van der Waals surface area (Å²) in [5, 5.41) is 5.66. The normalized spacial score (nSPS) is 10.8. The minimum atomic E-state index is -0.373. The minimum Gasteiger partial charge on any atom is -0.397 e. The first-order valence-electron chi connectivity index (χ1n) is 10.7. The predicted octanol–water partition coefficient (Wildman–Crippen LogP) is 3.55. The fourth-order valence-corrected chi connectivity index (χ4v) is 2.99. The molecule has 0 saturated heterocycles. The van der Waals surface area contributed by atoms with E-state index in [9.17, 15) is 9.59 Å². The molecule has 2 rings (SSSR count). The van der Waals surface area contributed by atoms with E-state index in [0.29, 0.717) is 23.5 Å². The number of nitrogens with zero attached hydrogens (tertiary/aromatic N) is 2. The standard InChI is InChI=1S/C23H33N5O2/c1-3-5-14-28(15-6-4-2)16-13-25-22(29)18-11-12-21(26-17-18)23(30)27-20-10-8-7-9-19(20)24/h7-12,17H,3-6,13-16,24H2,1-2H3,(H,25,29)(H,27,30). The molecule has 0 aliphatic rings. The highest BCUT2D eigenvalue weighted by molar-refractivity contribution is 6.04. The van der Waals surface area contributed by atoms with Crippen molar-refractivity contribution in [3.8, 4) is 0 Å². The topological polar surface area (TPSA) is 100 Å². The van der Waals surface area contributed by atoms with Crippen molar-refractivity contribution < 1.29 is 9.59 Å². The summed E-state index contributed by atoms with van der Waals surface area (Å²) in [6.45, 7) is 7.91. The van der Waals surface area contributed by atoms with Crippen LogP contribution in [0.4, 0.5) is 11.4 Å². The molecular weight excluding hydrogens is 378 g/mol. The monoisotopic (exact) mass is 411 g/mol. The Morgan fingerprint density at radius 3 is 2.27 bits per heavy atom. The number of pyridine rings is 1. The quantitative estimate of drug-likeness (QED) is 0.464. The lowest BCUT2D eigenvalue weighted by atomic mass is 10.2. The molecule has 4 N–H and O–H groups in total. The number of hydrogen-bond acceptors (Lipinski definition) is 5. The highest BCUT2D eigenvalue weighted by Crippen LogP contribution is 2.17. The third-order valence-corrected chi connectivity index (χ3v) is 4.84. The van der Waals surface area contributed by atoms with E-state index < -0.39 is 0 Å². The second-order valence-electron chi connectivity index (χ2n) is 7.28. The highest BCUT2D eigenvalue weighted by atomic mass is 16.2. The molecule has 0 aliphatic heterocycles. The van der Waals surface area contributed by atoms with Gasteiger partial charge in [0, 0.05) is 19.3 Å². The molecule has 0 aliphatic carbocycles. The molecule has 2 aromatic rings. The maximum Gasteiger partial charge on any atom is 0.274 e. The smallest absolute Gasteiger partial charge is 0.274 e. The van der Waals surface area contributed by atoms with Crippen molar-refractivity contribution >= 4 is 23.2 Å². The van der Waals surface area contributed by atoms with E-state index in [1.165, 1.54) is 25.1 Å². The molecule has 0 spiro atoms. The Morgan fingerprint density at radius 2 is 1.67 bits per heavy atom.